The van der Waals surface area contributed by atoms with Crippen LogP contribution in [0.5, 0.6) is 0 Å². The van der Waals surface area contributed by atoms with E-state index in [1.54, 1.807) is 12.1 Å². The molecule has 20 heavy (non-hydrogen) atoms. The molecule has 0 unspecified atom stereocenters. The number of anilines is 1. The normalized spacial score (nSPS) is 10.7. The lowest BCUT2D eigenvalue weighted by molar-refractivity contribution is -0.112. The molecule has 3 nitrogen and oxygen atoms in total. The van der Waals surface area contributed by atoms with E-state index in [9.17, 15) is 4.79 Å². The first-order chi connectivity index (χ1) is 9.70. The minimum Gasteiger partial charge on any atom is -0.320 e. The van der Waals surface area contributed by atoms with E-state index in [1.807, 2.05) is 54.6 Å². The number of halogens is 1. The highest BCUT2D eigenvalue weighted by molar-refractivity contribution is 9.10. The first kappa shape index (κ1) is 14.0. The van der Waals surface area contributed by atoms with Crippen molar-refractivity contribution in [2.24, 2.45) is 0 Å². The van der Waals surface area contributed by atoms with Crippen LogP contribution in [0, 0.1) is 11.3 Å². The molecule has 0 fully saturated rings. The van der Waals surface area contributed by atoms with E-state index >= 15 is 0 Å². The van der Waals surface area contributed by atoms with Crippen LogP contribution >= 0.6 is 15.9 Å². The van der Waals surface area contributed by atoms with Crippen LogP contribution in [0.2, 0.25) is 0 Å². The molecule has 0 aliphatic rings. The standard InChI is InChI=1S/C16H11BrN2O/c17-14-8-4-5-9-15(14)19-16(20)13(11-18)10-12-6-2-1-3-7-12/h1-10H,(H,19,20)/b13-10+. The highest BCUT2D eigenvalue weighted by Crippen LogP contribution is 2.21. The Hall–Kier alpha value is -2.38. The molecule has 1 amide bonds. The summed E-state index contributed by atoms with van der Waals surface area (Å²) >= 11 is 3.35. The first-order valence-electron chi connectivity index (χ1n) is 5.93. The number of carbonyl (C=O) groups excluding carboxylic acids is 1. The fraction of sp³-hybridized carbons (Fsp3) is 0. The Balaban J connectivity index is 2.21. The summed E-state index contributed by atoms with van der Waals surface area (Å²) < 4.78 is 0.769. The van der Waals surface area contributed by atoms with Crippen LogP contribution < -0.4 is 5.32 Å². The van der Waals surface area contributed by atoms with E-state index < -0.39 is 5.91 Å². The Bertz CT molecular complexity index is 687. The third-order valence-electron chi connectivity index (χ3n) is 2.60. The molecule has 0 spiro atoms. The van der Waals surface area contributed by atoms with Crippen LogP contribution in [-0.4, -0.2) is 5.91 Å². The van der Waals surface area contributed by atoms with Crippen molar-refractivity contribution in [1.82, 2.24) is 0 Å². The van der Waals surface area contributed by atoms with E-state index in [-0.39, 0.29) is 5.57 Å². The quantitative estimate of drug-likeness (QED) is 0.684. The number of carbonyl (C=O) groups is 1. The molecule has 0 atom stereocenters. The molecule has 2 rings (SSSR count). The molecule has 1 N–H and O–H groups in total. The van der Waals surface area contributed by atoms with Gasteiger partial charge in [0, 0.05) is 4.47 Å². The summed E-state index contributed by atoms with van der Waals surface area (Å²) in [5.41, 5.74) is 1.50. The van der Waals surface area contributed by atoms with Gasteiger partial charge in [-0.15, -0.1) is 0 Å². The fourth-order valence-corrected chi connectivity index (χ4v) is 2.00. The third kappa shape index (κ3) is 3.56. The summed E-state index contributed by atoms with van der Waals surface area (Å²) in [4.78, 5) is 12.1. The number of para-hydroxylation sites is 1. The second kappa shape index (κ2) is 6.69. The van der Waals surface area contributed by atoms with E-state index in [0.717, 1.165) is 10.0 Å². The molecular formula is C16H11BrN2O. The minimum atomic E-state index is -0.428. The van der Waals surface area contributed by atoms with Crippen LogP contribution in [0.4, 0.5) is 5.69 Å². The molecule has 0 radical (unpaired) electrons. The van der Waals surface area contributed by atoms with Gasteiger partial charge in [0.25, 0.3) is 5.91 Å². The van der Waals surface area contributed by atoms with E-state index in [1.165, 1.54) is 0 Å². The molecule has 0 saturated heterocycles. The maximum atomic E-state index is 12.1. The Kier molecular flexibility index (Phi) is 4.70. The van der Waals surface area contributed by atoms with E-state index in [2.05, 4.69) is 21.2 Å². The lowest BCUT2D eigenvalue weighted by Crippen LogP contribution is -2.13. The molecule has 0 aromatic heterocycles. The van der Waals surface area contributed by atoms with Crippen molar-refractivity contribution in [2.75, 3.05) is 5.32 Å². The molecule has 0 aliphatic carbocycles. The summed E-state index contributed by atoms with van der Waals surface area (Å²) in [6.45, 7) is 0. The molecule has 98 valence electrons. The van der Waals surface area contributed by atoms with Crippen molar-refractivity contribution in [3.8, 4) is 6.07 Å². The summed E-state index contributed by atoms with van der Waals surface area (Å²) in [5.74, 6) is -0.428. The summed E-state index contributed by atoms with van der Waals surface area (Å²) in [6.07, 6.45) is 1.56. The summed E-state index contributed by atoms with van der Waals surface area (Å²) in [5, 5.41) is 11.8. The van der Waals surface area contributed by atoms with Gasteiger partial charge in [0.2, 0.25) is 0 Å². The second-order valence-electron chi connectivity index (χ2n) is 4.01. The van der Waals surface area contributed by atoms with Gasteiger partial charge in [0.15, 0.2) is 0 Å². The maximum absolute atomic E-state index is 12.1. The molecule has 0 aliphatic heterocycles. The van der Waals surface area contributed by atoms with Gasteiger partial charge in [-0.25, -0.2) is 0 Å². The SMILES string of the molecule is N#C/C(=C\c1ccccc1)C(=O)Nc1ccccc1Br. The van der Waals surface area contributed by atoms with Crippen LogP contribution in [-0.2, 0) is 4.79 Å². The van der Waals surface area contributed by atoms with Gasteiger partial charge in [0.05, 0.1) is 5.69 Å². The first-order valence-corrected chi connectivity index (χ1v) is 6.73. The molecule has 0 bridgehead atoms. The zero-order valence-electron chi connectivity index (χ0n) is 10.5. The summed E-state index contributed by atoms with van der Waals surface area (Å²) in [7, 11) is 0. The number of hydrogen-bond donors (Lipinski definition) is 1. The number of nitriles is 1. The number of rotatable bonds is 3. The van der Waals surface area contributed by atoms with Crippen LogP contribution in [0.1, 0.15) is 5.56 Å². The zero-order chi connectivity index (χ0) is 14.4. The number of benzene rings is 2. The number of nitrogens with one attached hydrogen (secondary N) is 1. The number of hydrogen-bond acceptors (Lipinski definition) is 2. The van der Waals surface area contributed by atoms with Gasteiger partial charge in [-0.2, -0.15) is 5.26 Å². The van der Waals surface area contributed by atoms with Gasteiger partial charge in [-0.3, -0.25) is 4.79 Å². The predicted molar refractivity (Wildman–Crippen MR) is 82.8 cm³/mol. The van der Waals surface area contributed by atoms with Gasteiger partial charge in [0.1, 0.15) is 11.6 Å². The number of nitrogens with zero attached hydrogens (tertiary/aromatic N) is 1. The van der Waals surface area contributed by atoms with Crippen molar-refractivity contribution >= 4 is 33.6 Å². The zero-order valence-corrected chi connectivity index (χ0v) is 12.1. The van der Waals surface area contributed by atoms with Gasteiger partial charge >= 0.3 is 0 Å². The minimum absolute atomic E-state index is 0.0620. The molecule has 0 saturated carbocycles. The topological polar surface area (TPSA) is 52.9 Å². The average Bonchev–Trinajstić information content (AvgIpc) is 2.48. The van der Waals surface area contributed by atoms with E-state index in [4.69, 9.17) is 5.26 Å². The maximum Gasteiger partial charge on any atom is 0.266 e. The Morgan fingerprint density at radius 3 is 2.40 bits per heavy atom. The lowest BCUT2D eigenvalue weighted by Gasteiger charge is -2.06. The Morgan fingerprint density at radius 2 is 1.75 bits per heavy atom. The van der Waals surface area contributed by atoms with Crippen molar-refractivity contribution < 1.29 is 4.79 Å². The molecule has 0 heterocycles. The Morgan fingerprint density at radius 1 is 1.10 bits per heavy atom. The van der Waals surface area contributed by atoms with Crippen molar-refractivity contribution in [2.45, 2.75) is 0 Å². The summed E-state index contributed by atoms with van der Waals surface area (Å²) in [6, 6.07) is 18.4. The predicted octanol–water partition coefficient (Wildman–Crippen LogP) is 3.99. The highest BCUT2D eigenvalue weighted by atomic mass is 79.9. The second-order valence-corrected chi connectivity index (χ2v) is 4.87. The van der Waals surface area contributed by atoms with Gasteiger partial charge in [-0.1, -0.05) is 42.5 Å². The van der Waals surface area contributed by atoms with E-state index in [0.29, 0.717) is 5.69 Å². The largest absolute Gasteiger partial charge is 0.320 e. The Labute approximate surface area is 125 Å². The molecule has 4 heteroatoms. The molecule has 2 aromatic rings. The van der Waals surface area contributed by atoms with Crippen molar-refractivity contribution in [1.29, 1.82) is 5.26 Å². The molecular weight excluding hydrogens is 316 g/mol. The smallest absolute Gasteiger partial charge is 0.266 e. The fourth-order valence-electron chi connectivity index (χ4n) is 1.62. The van der Waals surface area contributed by atoms with Gasteiger partial charge < -0.3 is 5.32 Å². The van der Waals surface area contributed by atoms with Gasteiger partial charge in [-0.05, 0) is 39.7 Å². The lowest BCUT2D eigenvalue weighted by atomic mass is 10.1. The number of amides is 1. The van der Waals surface area contributed by atoms with Crippen LogP contribution in [0.25, 0.3) is 6.08 Å². The van der Waals surface area contributed by atoms with Crippen LogP contribution in [0.3, 0.4) is 0 Å². The third-order valence-corrected chi connectivity index (χ3v) is 3.29. The van der Waals surface area contributed by atoms with Crippen molar-refractivity contribution in [3.63, 3.8) is 0 Å². The average molecular weight is 327 g/mol. The highest BCUT2D eigenvalue weighted by Gasteiger charge is 2.10. The van der Waals surface area contributed by atoms with Crippen LogP contribution in [0.15, 0.2) is 64.6 Å². The van der Waals surface area contributed by atoms with Crippen molar-refractivity contribution in [3.05, 3.63) is 70.2 Å². The monoisotopic (exact) mass is 326 g/mol. The molecule has 2 aromatic carbocycles.